The highest BCUT2D eigenvalue weighted by atomic mass is 15.3. The number of nitrogens with one attached hydrogen (secondary N) is 3. The predicted octanol–water partition coefficient (Wildman–Crippen LogP) is 0.599. The highest BCUT2D eigenvalue weighted by Gasteiger charge is 2.04. The number of guanidine groups is 1. The SMILES string of the molecule is CN=C(NCCc1nc2ccccc2[nH]1)NCc1ncnn1C. The molecule has 0 fully saturated rings. The van der Waals surface area contributed by atoms with Crippen molar-refractivity contribution in [2.75, 3.05) is 13.6 Å². The van der Waals surface area contributed by atoms with Crippen LogP contribution in [0, 0.1) is 0 Å². The van der Waals surface area contributed by atoms with Crippen molar-refractivity contribution in [2.24, 2.45) is 12.0 Å². The van der Waals surface area contributed by atoms with E-state index in [0.717, 1.165) is 41.6 Å². The van der Waals surface area contributed by atoms with Gasteiger partial charge in [-0.3, -0.25) is 9.67 Å². The number of benzene rings is 1. The van der Waals surface area contributed by atoms with Gasteiger partial charge in [0.15, 0.2) is 5.96 Å². The summed E-state index contributed by atoms with van der Waals surface area (Å²) in [7, 11) is 3.61. The van der Waals surface area contributed by atoms with E-state index in [-0.39, 0.29) is 0 Å². The Morgan fingerprint density at radius 3 is 2.91 bits per heavy atom. The van der Waals surface area contributed by atoms with Gasteiger partial charge in [-0.05, 0) is 12.1 Å². The van der Waals surface area contributed by atoms with Crippen LogP contribution in [0.2, 0.25) is 0 Å². The highest BCUT2D eigenvalue weighted by molar-refractivity contribution is 5.79. The van der Waals surface area contributed by atoms with Crippen LogP contribution >= 0.6 is 0 Å². The van der Waals surface area contributed by atoms with Gasteiger partial charge in [-0.1, -0.05) is 12.1 Å². The molecule has 0 bridgehead atoms. The molecule has 0 saturated heterocycles. The van der Waals surface area contributed by atoms with Gasteiger partial charge in [0.05, 0.1) is 17.6 Å². The van der Waals surface area contributed by atoms with Crippen LogP contribution in [0.4, 0.5) is 0 Å². The van der Waals surface area contributed by atoms with Crippen molar-refractivity contribution in [2.45, 2.75) is 13.0 Å². The van der Waals surface area contributed by atoms with Gasteiger partial charge in [-0.2, -0.15) is 5.10 Å². The van der Waals surface area contributed by atoms with Crippen LogP contribution in [-0.2, 0) is 20.0 Å². The van der Waals surface area contributed by atoms with Crippen molar-refractivity contribution in [1.82, 2.24) is 35.4 Å². The number of rotatable bonds is 5. The predicted molar refractivity (Wildman–Crippen MR) is 89.0 cm³/mol. The number of hydrogen-bond donors (Lipinski definition) is 3. The Morgan fingerprint density at radius 2 is 2.17 bits per heavy atom. The van der Waals surface area contributed by atoms with Crippen molar-refractivity contribution in [3.8, 4) is 0 Å². The maximum atomic E-state index is 4.56. The van der Waals surface area contributed by atoms with E-state index in [1.807, 2.05) is 31.3 Å². The fraction of sp³-hybridized carbons (Fsp3) is 0.333. The molecule has 0 aliphatic carbocycles. The maximum absolute atomic E-state index is 4.56. The topological polar surface area (TPSA) is 95.8 Å². The van der Waals surface area contributed by atoms with Crippen LogP contribution in [-0.4, -0.2) is 44.3 Å². The van der Waals surface area contributed by atoms with E-state index in [1.54, 1.807) is 11.7 Å². The monoisotopic (exact) mass is 312 g/mol. The fourth-order valence-electron chi connectivity index (χ4n) is 2.29. The Bertz CT molecular complexity index is 768. The molecule has 0 unspecified atom stereocenters. The number of imidazole rings is 1. The molecule has 0 aliphatic heterocycles. The second kappa shape index (κ2) is 6.91. The van der Waals surface area contributed by atoms with Crippen molar-refractivity contribution in [1.29, 1.82) is 0 Å². The van der Waals surface area contributed by atoms with Crippen LogP contribution in [0.25, 0.3) is 11.0 Å². The molecule has 0 spiro atoms. The summed E-state index contributed by atoms with van der Waals surface area (Å²) in [5, 5.41) is 10.5. The second-order valence-corrected chi connectivity index (χ2v) is 5.10. The molecule has 0 amide bonds. The van der Waals surface area contributed by atoms with Gasteiger partial charge in [0.1, 0.15) is 18.0 Å². The third-order valence-electron chi connectivity index (χ3n) is 3.54. The van der Waals surface area contributed by atoms with E-state index in [0.29, 0.717) is 6.54 Å². The second-order valence-electron chi connectivity index (χ2n) is 5.10. The molecular weight excluding hydrogens is 292 g/mol. The zero-order valence-electron chi connectivity index (χ0n) is 13.2. The first kappa shape index (κ1) is 15.0. The number of aromatic amines is 1. The molecule has 3 N–H and O–H groups in total. The average Bonchev–Trinajstić information content (AvgIpc) is 3.16. The Hall–Kier alpha value is -2.90. The lowest BCUT2D eigenvalue weighted by molar-refractivity contribution is 0.671. The zero-order valence-corrected chi connectivity index (χ0v) is 13.2. The van der Waals surface area contributed by atoms with Gasteiger partial charge in [-0.25, -0.2) is 9.97 Å². The molecule has 3 aromatic rings. The van der Waals surface area contributed by atoms with Crippen LogP contribution < -0.4 is 10.6 Å². The molecule has 0 atom stereocenters. The number of para-hydroxylation sites is 2. The first-order valence-electron chi connectivity index (χ1n) is 7.47. The summed E-state index contributed by atoms with van der Waals surface area (Å²) in [6.07, 6.45) is 2.33. The van der Waals surface area contributed by atoms with Gasteiger partial charge in [-0.15, -0.1) is 0 Å². The van der Waals surface area contributed by atoms with Crippen molar-refractivity contribution in [3.63, 3.8) is 0 Å². The third-order valence-corrected chi connectivity index (χ3v) is 3.54. The molecule has 8 nitrogen and oxygen atoms in total. The summed E-state index contributed by atoms with van der Waals surface area (Å²) in [5.41, 5.74) is 2.06. The number of H-pyrrole nitrogens is 1. The lowest BCUT2D eigenvalue weighted by Gasteiger charge is -2.10. The Kier molecular flexibility index (Phi) is 4.51. The van der Waals surface area contributed by atoms with Crippen molar-refractivity contribution in [3.05, 3.63) is 42.2 Å². The van der Waals surface area contributed by atoms with Gasteiger partial charge >= 0.3 is 0 Å². The average molecular weight is 312 g/mol. The van der Waals surface area contributed by atoms with Crippen LogP contribution in [0.15, 0.2) is 35.6 Å². The lowest BCUT2D eigenvalue weighted by atomic mass is 10.3. The van der Waals surface area contributed by atoms with Crippen LogP contribution in [0.1, 0.15) is 11.6 Å². The van der Waals surface area contributed by atoms with E-state index in [2.05, 4.69) is 35.7 Å². The molecular formula is C15H20N8. The van der Waals surface area contributed by atoms with E-state index >= 15 is 0 Å². The quantitative estimate of drug-likeness (QED) is 0.473. The number of hydrogen-bond acceptors (Lipinski definition) is 4. The summed E-state index contributed by atoms with van der Waals surface area (Å²) in [4.78, 5) is 16.2. The molecule has 0 saturated carbocycles. The standard InChI is InChI=1S/C15H20N8/c1-16-15(18-9-14-19-10-20-23(14)2)17-8-7-13-21-11-5-3-4-6-12(11)22-13/h3-6,10H,7-9H2,1-2H3,(H,21,22)(H2,16,17,18). The summed E-state index contributed by atoms with van der Waals surface area (Å²) >= 11 is 0. The Balaban J connectivity index is 1.49. The van der Waals surface area contributed by atoms with E-state index in [4.69, 9.17) is 0 Å². The summed E-state index contributed by atoms with van der Waals surface area (Å²) in [6.45, 7) is 1.30. The first-order chi connectivity index (χ1) is 11.3. The molecule has 8 heteroatoms. The van der Waals surface area contributed by atoms with E-state index in [1.165, 1.54) is 6.33 Å². The largest absolute Gasteiger partial charge is 0.356 e. The summed E-state index contributed by atoms with van der Waals surface area (Å²) in [5.74, 6) is 2.54. The molecule has 23 heavy (non-hydrogen) atoms. The molecule has 3 rings (SSSR count). The first-order valence-corrected chi connectivity index (χ1v) is 7.47. The molecule has 120 valence electrons. The van der Waals surface area contributed by atoms with Gasteiger partial charge in [0.2, 0.25) is 0 Å². The van der Waals surface area contributed by atoms with Crippen LogP contribution in [0.3, 0.4) is 0 Å². The minimum Gasteiger partial charge on any atom is -0.356 e. The van der Waals surface area contributed by atoms with Crippen molar-refractivity contribution < 1.29 is 0 Å². The minimum atomic E-state index is 0.570. The van der Waals surface area contributed by atoms with Crippen LogP contribution in [0.5, 0.6) is 0 Å². The molecule has 0 radical (unpaired) electrons. The van der Waals surface area contributed by atoms with E-state index < -0.39 is 0 Å². The number of fused-ring (bicyclic) bond motifs is 1. The maximum Gasteiger partial charge on any atom is 0.191 e. The van der Waals surface area contributed by atoms with Gasteiger partial charge < -0.3 is 15.6 Å². The zero-order chi connectivity index (χ0) is 16.1. The molecule has 1 aromatic carbocycles. The third kappa shape index (κ3) is 3.65. The number of aliphatic imine (C=N–C) groups is 1. The number of nitrogens with zero attached hydrogens (tertiary/aromatic N) is 5. The lowest BCUT2D eigenvalue weighted by Crippen LogP contribution is -2.38. The Morgan fingerprint density at radius 1 is 1.30 bits per heavy atom. The van der Waals surface area contributed by atoms with Gasteiger partial charge in [0, 0.05) is 27.1 Å². The smallest absolute Gasteiger partial charge is 0.191 e. The molecule has 2 heterocycles. The van der Waals surface area contributed by atoms with Crippen molar-refractivity contribution >= 4 is 17.0 Å². The number of aromatic nitrogens is 5. The fourth-order valence-corrected chi connectivity index (χ4v) is 2.29. The Labute approximate surface area is 134 Å². The van der Waals surface area contributed by atoms with E-state index in [9.17, 15) is 0 Å². The number of aryl methyl sites for hydroxylation is 1. The highest BCUT2D eigenvalue weighted by Crippen LogP contribution is 2.10. The summed E-state index contributed by atoms with van der Waals surface area (Å²) < 4.78 is 1.73. The minimum absolute atomic E-state index is 0.570. The normalized spacial score (nSPS) is 11.8. The molecule has 2 aromatic heterocycles. The summed E-state index contributed by atoms with van der Waals surface area (Å²) in [6, 6.07) is 8.02. The molecule has 0 aliphatic rings. The van der Waals surface area contributed by atoms with Gasteiger partial charge in [0.25, 0.3) is 0 Å².